The standard InChI is InChI=1S/C13H20N2O4/c1-7(2)15-6-5-10(12(15)17)14-11(16)8-3-4-9(8)13(18)19/h7-10H,3-6H2,1-2H3,(H,14,16)(H,18,19). The average Bonchev–Trinajstić information content (AvgIpc) is 2.57. The monoisotopic (exact) mass is 268 g/mol. The van der Waals surface area contributed by atoms with Crippen LogP contribution in [-0.4, -0.2) is 46.4 Å². The van der Waals surface area contributed by atoms with Gasteiger partial charge in [0.05, 0.1) is 11.8 Å². The number of aliphatic carboxylic acids is 1. The molecule has 0 radical (unpaired) electrons. The molecule has 1 heterocycles. The summed E-state index contributed by atoms with van der Waals surface area (Å²) >= 11 is 0. The van der Waals surface area contributed by atoms with Crippen LogP contribution in [-0.2, 0) is 14.4 Å². The van der Waals surface area contributed by atoms with E-state index in [4.69, 9.17) is 5.11 Å². The predicted molar refractivity (Wildman–Crippen MR) is 67.2 cm³/mol. The van der Waals surface area contributed by atoms with E-state index in [0.717, 1.165) is 0 Å². The second-order valence-electron chi connectivity index (χ2n) is 5.60. The van der Waals surface area contributed by atoms with Gasteiger partial charge in [0, 0.05) is 12.6 Å². The maximum atomic E-state index is 12.0. The molecule has 6 nitrogen and oxygen atoms in total. The molecule has 1 saturated carbocycles. The van der Waals surface area contributed by atoms with Crippen molar-refractivity contribution in [3.63, 3.8) is 0 Å². The van der Waals surface area contributed by atoms with Gasteiger partial charge in [-0.2, -0.15) is 0 Å². The number of carbonyl (C=O) groups excluding carboxylic acids is 2. The number of hydrogen-bond donors (Lipinski definition) is 2. The summed E-state index contributed by atoms with van der Waals surface area (Å²) in [6, 6.07) is -0.352. The predicted octanol–water partition coefficient (Wildman–Crippen LogP) is 0.223. The first-order valence-electron chi connectivity index (χ1n) is 6.75. The van der Waals surface area contributed by atoms with Gasteiger partial charge in [0.25, 0.3) is 0 Å². The van der Waals surface area contributed by atoms with E-state index in [-0.39, 0.29) is 17.9 Å². The van der Waals surface area contributed by atoms with Crippen LogP contribution in [0.15, 0.2) is 0 Å². The Morgan fingerprint density at radius 2 is 1.89 bits per heavy atom. The van der Waals surface area contributed by atoms with Crippen LogP contribution in [0.25, 0.3) is 0 Å². The summed E-state index contributed by atoms with van der Waals surface area (Å²) in [5.41, 5.74) is 0. The van der Waals surface area contributed by atoms with E-state index in [0.29, 0.717) is 25.8 Å². The van der Waals surface area contributed by atoms with E-state index in [9.17, 15) is 14.4 Å². The third-order valence-corrected chi connectivity index (χ3v) is 4.11. The molecule has 1 saturated heterocycles. The summed E-state index contributed by atoms with van der Waals surface area (Å²) in [5.74, 6) is -2.33. The topological polar surface area (TPSA) is 86.7 Å². The second kappa shape index (κ2) is 5.19. The van der Waals surface area contributed by atoms with Gasteiger partial charge in [0.2, 0.25) is 11.8 Å². The highest BCUT2D eigenvalue weighted by Gasteiger charge is 2.43. The van der Waals surface area contributed by atoms with Gasteiger partial charge in [-0.3, -0.25) is 14.4 Å². The molecular formula is C13H20N2O4. The first-order chi connectivity index (χ1) is 8.91. The molecule has 2 rings (SSSR count). The lowest BCUT2D eigenvalue weighted by Crippen LogP contribution is -2.49. The molecule has 0 aromatic carbocycles. The first-order valence-corrected chi connectivity index (χ1v) is 6.75. The lowest BCUT2D eigenvalue weighted by molar-refractivity contribution is -0.153. The fourth-order valence-electron chi connectivity index (χ4n) is 2.74. The van der Waals surface area contributed by atoms with Gasteiger partial charge >= 0.3 is 5.97 Å². The number of nitrogens with zero attached hydrogens (tertiary/aromatic N) is 1. The highest BCUT2D eigenvalue weighted by molar-refractivity contribution is 5.92. The van der Waals surface area contributed by atoms with E-state index >= 15 is 0 Å². The third kappa shape index (κ3) is 2.57. The van der Waals surface area contributed by atoms with E-state index < -0.39 is 23.8 Å². The van der Waals surface area contributed by atoms with Crippen molar-refractivity contribution < 1.29 is 19.5 Å². The molecule has 0 bridgehead atoms. The van der Waals surface area contributed by atoms with Crippen molar-refractivity contribution in [2.45, 2.75) is 45.2 Å². The summed E-state index contributed by atoms with van der Waals surface area (Å²) in [6.45, 7) is 4.53. The van der Waals surface area contributed by atoms with Crippen molar-refractivity contribution >= 4 is 17.8 Å². The second-order valence-corrected chi connectivity index (χ2v) is 5.60. The van der Waals surface area contributed by atoms with Gasteiger partial charge in [0.15, 0.2) is 0 Å². The summed E-state index contributed by atoms with van der Waals surface area (Å²) in [7, 11) is 0. The van der Waals surface area contributed by atoms with Crippen molar-refractivity contribution in [1.82, 2.24) is 10.2 Å². The van der Waals surface area contributed by atoms with E-state index in [1.807, 2.05) is 13.8 Å². The summed E-state index contributed by atoms with van der Waals surface area (Å²) < 4.78 is 0. The largest absolute Gasteiger partial charge is 0.481 e. The molecule has 6 heteroatoms. The van der Waals surface area contributed by atoms with E-state index in [1.54, 1.807) is 4.90 Å². The van der Waals surface area contributed by atoms with Gasteiger partial charge in [0.1, 0.15) is 6.04 Å². The Balaban J connectivity index is 1.90. The summed E-state index contributed by atoms with van der Waals surface area (Å²) in [6.07, 6.45) is 1.75. The fourth-order valence-corrected chi connectivity index (χ4v) is 2.74. The van der Waals surface area contributed by atoms with Gasteiger partial charge in [-0.25, -0.2) is 0 Å². The van der Waals surface area contributed by atoms with Crippen LogP contribution in [0.1, 0.15) is 33.1 Å². The van der Waals surface area contributed by atoms with Crippen molar-refractivity contribution in [2.24, 2.45) is 11.8 Å². The zero-order chi connectivity index (χ0) is 14.2. The number of carbonyl (C=O) groups is 3. The first kappa shape index (κ1) is 13.8. The molecule has 1 aliphatic heterocycles. The maximum Gasteiger partial charge on any atom is 0.307 e. The van der Waals surface area contributed by atoms with Gasteiger partial charge in [-0.15, -0.1) is 0 Å². The Hall–Kier alpha value is -1.59. The minimum Gasteiger partial charge on any atom is -0.481 e. The van der Waals surface area contributed by atoms with E-state index in [1.165, 1.54) is 0 Å². The van der Waals surface area contributed by atoms with Gasteiger partial charge < -0.3 is 15.3 Å². The SMILES string of the molecule is CC(C)N1CCC(NC(=O)C2CCC2C(=O)O)C1=O. The highest BCUT2D eigenvalue weighted by atomic mass is 16.4. The fraction of sp³-hybridized carbons (Fsp3) is 0.769. The average molecular weight is 268 g/mol. The quantitative estimate of drug-likeness (QED) is 0.763. The number of carboxylic acid groups (broad SMARTS) is 1. The lowest BCUT2D eigenvalue weighted by Gasteiger charge is -2.32. The van der Waals surface area contributed by atoms with Crippen LogP contribution in [0.2, 0.25) is 0 Å². The molecular weight excluding hydrogens is 248 g/mol. The lowest BCUT2D eigenvalue weighted by atomic mass is 9.73. The zero-order valence-corrected chi connectivity index (χ0v) is 11.3. The number of hydrogen-bond acceptors (Lipinski definition) is 3. The third-order valence-electron chi connectivity index (χ3n) is 4.11. The Morgan fingerprint density at radius 1 is 1.26 bits per heavy atom. The molecule has 19 heavy (non-hydrogen) atoms. The number of likely N-dealkylation sites (tertiary alicyclic amines) is 1. The van der Waals surface area contributed by atoms with E-state index in [2.05, 4.69) is 5.32 Å². The molecule has 3 unspecified atom stereocenters. The Labute approximate surface area is 112 Å². The molecule has 3 atom stereocenters. The zero-order valence-electron chi connectivity index (χ0n) is 11.3. The molecule has 0 aromatic heterocycles. The molecule has 1 aliphatic carbocycles. The van der Waals surface area contributed by atoms with Gasteiger partial charge in [-0.05, 0) is 33.1 Å². The molecule has 2 amide bonds. The van der Waals surface area contributed by atoms with Gasteiger partial charge in [-0.1, -0.05) is 0 Å². The highest BCUT2D eigenvalue weighted by Crippen LogP contribution is 2.34. The number of amides is 2. The maximum absolute atomic E-state index is 12.0. The summed E-state index contributed by atoms with van der Waals surface area (Å²) in [5, 5.41) is 11.6. The summed E-state index contributed by atoms with van der Waals surface area (Å²) in [4.78, 5) is 36.6. The minimum absolute atomic E-state index is 0.0606. The van der Waals surface area contributed by atoms with Crippen LogP contribution in [0.4, 0.5) is 0 Å². The van der Waals surface area contributed by atoms with Crippen LogP contribution in [0.5, 0.6) is 0 Å². The number of rotatable bonds is 4. The van der Waals surface area contributed by atoms with Crippen molar-refractivity contribution in [3.05, 3.63) is 0 Å². The van der Waals surface area contributed by atoms with Crippen LogP contribution >= 0.6 is 0 Å². The van der Waals surface area contributed by atoms with Crippen LogP contribution in [0, 0.1) is 11.8 Å². The molecule has 2 N–H and O–H groups in total. The molecule has 0 spiro atoms. The molecule has 2 fully saturated rings. The number of nitrogens with one attached hydrogen (secondary N) is 1. The van der Waals surface area contributed by atoms with Crippen molar-refractivity contribution in [2.75, 3.05) is 6.54 Å². The molecule has 2 aliphatic rings. The normalized spacial score (nSPS) is 30.4. The number of carboxylic acids is 1. The minimum atomic E-state index is -0.923. The van der Waals surface area contributed by atoms with Crippen LogP contribution in [0.3, 0.4) is 0 Å². The van der Waals surface area contributed by atoms with Crippen molar-refractivity contribution in [3.8, 4) is 0 Å². The Bertz CT molecular complexity index is 407. The Morgan fingerprint density at radius 3 is 2.32 bits per heavy atom. The molecule has 0 aromatic rings. The van der Waals surface area contributed by atoms with Crippen LogP contribution < -0.4 is 5.32 Å². The smallest absolute Gasteiger partial charge is 0.307 e. The van der Waals surface area contributed by atoms with Crippen molar-refractivity contribution in [1.29, 1.82) is 0 Å². The Kier molecular flexibility index (Phi) is 3.78. The molecule has 106 valence electrons.